The highest BCUT2D eigenvalue weighted by Crippen LogP contribution is 2.52. The van der Waals surface area contributed by atoms with Crippen LogP contribution in [0.25, 0.3) is 0 Å². The maximum atomic E-state index is 12.5. The third kappa shape index (κ3) is 3.79. The largest absolute Gasteiger partial charge is 0.355 e. The van der Waals surface area contributed by atoms with Gasteiger partial charge in [-0.1, -0.05) is 29.3 Å². The first-order valence-electron chi connectivity index (χ1n) is 9.96. The van der Waals surface area contributed by atoms with Crippen molar-refractivity contribution in [3.8, 4) is 0 Å². The molecule has 7 nitrogen and oxygen atoms in total. The number of aliphatic imine (C=N–C) groups is 1. The summed E-state index contributed by atoms with van der Waals surface area (Å²) in [6.07, 6.45) is 0.196. The molecule has 2 aromatic rings. The zero-order valence-corrected chi connectivity index (χ0v) is 18.8. The van der Waals surface area contributed by atoms with Gasteiger partial charge in [0.05, 0.1) is 23.4 Å². The summed E-state index contributed by atoms with van der Waals surface area (Å²) in [5.74, 6) is 1.53. The molecule has 0 spiro atoms. The first-order valence-corrected chi connectivity index (χ1v) is 11.2. The molecule has 3 N–H and O–H groups in total. The zero-order valence-electron chi connectivity index (χ0n) is 17.2. The van der Waals surface area contributed by atoms with Crippen molar-refractivity contribution in [1.82, 2.24) is 20.1 Å². The summed E-state index contributed by atoms with van der Waals surface area (Å²) in [5, 5.41) is 12.3. The third-order valence-corrected chi connectivity index (χ3v) is 7.28. The Morgan fingerprint density at radius 1 is 1.23 bits per heavy atom. The number of aryl methyl sites for hydroxylation is 1. The van der Waals surface area contributed by atoms with Gasteiger partial charge in [-0.2, -0.15) is 0 Å². The summed E-state index contributed by atoms with van der Waals surface area (Å²) in [6, 6.07) is 7.32. The van der Waals surface area contributed by atoms with Gasteiger partial charge in [0.1, 0.15) is 11.9 Å². The van der Waals surface area contributed by atoms with Crippen LogP contribution < -0.4 is 11.1 Å². The van der Waals surface area contributed by atoms with Crippen molar-refractivity contribution in [3.63, 3.8) is 0 Å². The zero-order chi connectivity index (χ0) is 21.4. The van der Waals surface area contributed by atoms with Gasteiger partial charge in [0, 0.05) is 18.1 Å². The van der Waals surface area contributed by atoms with Crippen LogP contribution in [0.15, 0.2) is 39.7 Å². The van der Waals surface area contributed by atoms with Gasteiger partial charge in [0.2, 0.25) is 5.91 Å². The Balaban J connectivity index is 1.84. The lowest BCUT2D eigenvalue weighted by molar-refractivity contribution is -0.121. The Hall–Kier alpha value is -2.16. The van der Waals surface area contributed by atoms with Crippen LogP contribution in [-0.2, 0) is 4.79 Å². The smallest absolute Gasteiger partial charge is 0.222 e. The number of carbonyl (C=O) groups is 1. The van der Waals surface area contributed by atoms with Gasteiger partial charge in [-0.05, 0) is 43.4 Å². The average Bonchev–Trinajstić information content (AvgIpc) is 3.19. The molecule has 2 unspecified atom stereocenters. The van der Waals surface area contributed by atoms with Crippen LogP contribution >= 0.6 is 23.4 Å². The quantitative estimate of drug-likeness (QED) is 0.736. The van der Waals surface area contributed by atoms with Gasteiger partial charge in [0.25, 0.3) is 0 Å². The van der Waals surface area contributed by atoms with E-state index in [2.05, 4.69) is 33.9 Å². The number of fused-ring (bicyclic) bond motifs is 3. The van der Waals surface area contributed by atoms with Crippen LogP contribution in [-0.4, -0.2) is 39.5 Å². The maximum Gasteiger partial charge on any atom is 0.222 e. The van der Waals surface area contributed by atoms with Gasteiger partial charge in [0.15, 0.2) is 5.82 Å². The minimum atomic E-state index is -0.422. The van der Waals surface area contributed by atoms with E-state index in [-0.39, 0.29) is 23.6 Å². The standard InChI is InChI=1S/C21H25ClN6OS/c1-11-12(2)30-21-18(11)19(14-4-6-15(22)7-5-14)25-16(10-17(29)24-9-8-23)20-27-26-13(3)28(20)21/h4-7,16,18,21H,8-10,23H2,1-3H3,(H,24,29)/t16-,18?,21?/m0/s1. The lowest BCUT2D eigenvalue weighted by atomic mass is 9.90. The normalized spacial score (nSPS) is 23.0. The second-order valence-electron chi connectivity index (χ2n) is 7.58. The Bertz CT molecular complexity index is 1030. The summed E-state index contributed by atoms with van der Waals surface area (Å²) in [7, 11) is 0. The predicted octanol–water partition coefficient (Wildman–Crippen LogP) is 3.40. The predicted molar refractivity (Wildman–Crippen MR) is 121 cm³/mol. The number of nitrogens with zero attached hydrogens (tertiary/aromatic N) is 4. The minimum Gasteiger partial charge on any atom is -0.355 e. The lowest BCUT2D eigenvalue weighted by Gasteiger charge is -2.23. The topological polar surface area (TPSA) is 98.2 Å². The van der Waals surface area contributed by atoms with Crippen molar-refractivity contribution in [2.24, 2.45) is 16.6 Å². The highest BCUT2D eigenvalue weighted by atomic mass is 35.5. The molecule has 1 aromatic heterocycles. The Kier molecular flexibility index (Phi) is 5.99. The number of amides is 1. The van der Waals surface area contributed by atoms with E-state index in [0.717, 1.165) is 22.9 Å². The number of hydrogen-bond acceptors (Lipinski definition) is 6. The van der Waals surface area contributed by atoms with Crippen molar-refractivity contribution in [2.45, 2.75) is 38.6 Å². The molecule has 30 heavy (non-hydrogen) atoms. The molecular weight excluding hydrogens is 420 g/mol. The summed E-state index contributed by atoms with van der Waals surface area (Å²) >= 11 is 7.94. The molecule has 1 amide bonds. The number of carbonyl (C=O) groups excluding carboxylic acids is 1. The monoisotopic (exact) mass is 444 g/mol. The van der Waals surface area contributed by atoms with Crippen LogP contribution in [0.1, 0.15) is 48.9 Å². The number of hydrogen-bond donors (Lipinski definition) is 2. The molecule has 2 aliphatic rings. The number of halogens is 1. The fraction of sp³-hybridized carbons (Fsp3) is 0.429. The number of nitrogens with one attached hydrogen (secondary N) is 1. The van der Waals surface area contributed by atoms with Crippen LogP contribution in [0.5, 0.6) is 0 Å². The number of allylic oxidation sites excluding steroid dienone is 2. The number of thioether (sulfide) groups is 1. The minimum absolute atomic E-state index is 0.0709. The maximum absolute atomic E-state index is 12.5. The van der Waals surface area contributed by atoms with E-state index < -0.39 is 6.04 Å². The molecule has 9 heteroatoms. The lowest BCUT2D eigenvalue weighted by Crippen LogP contribution is -2.30. The van der Waals surface area contributed by atoms with Gasteiger partial charge in [-0.3, -0.25) is 14.4 Å². The fourth-order valence-corrected chi connectivity index (χ4v) is 5.66. The number of aromatic nitrogens is 3. The Labute approximate surface area is 185 Å². The van der Waals surface area contributed by atoms with Gasteiger partial charge in [-0.15, -0.1) is 22.0 Å². The van der Waals surface area contributed by atoms with E-state index in [4.69, 9.17) is 22.3 Å². The van der Waals surface area contributed by atoms with E-state index >= 15 is 0 Å². The molecular formula is C21H25ClN6OS. The molecule has 0 radical (unpaired) electrons. The molecule has 1 aromatic carbocycles. The molecule has 0 aliphatic carbocycles. The van der Waals surface area contributed by atoms with Crippen LogP contribution in [0.3, 0.4) is 0 Å². The van der Waals surface area contributed by atoms with Crippen molar-refractivity contribution >= 4 is 35.0 Å². The second kappa shape index (κ2) is 8.53. The first kappa shape index (κ1) is 21.1. The van der Waals surface area contributed by atoms with E-state index in [0.29, 0.717) is 18.1 Å². The van der Waals surface area contributed by atoms with Gasteiger partial charge >= 0.3 is 0 Å². The number of benzene rings is 1. The van der Waals surface area contributed by atoms with E-state index in [1.807, 2.05) is 43.0 Å². The molecule has 0 saturated heterocycles. The second-order valence-corrected chi connectivity index (χ2v) is 9.35. The Morgan fingerprint density at radius 2 is 1.97 bits per heavy atom. The summed E-state index contributed by atoms with van der Waals surface area (Å²) in [4.78, 5) is 18.9. The highest BCUT2D eigenvalue weighted by Gasteiger charge is 2.42. The van der Waals surface area contributed by atoms with E-state index in [1.165, 1.54) is 10.5 Å². The molecule has 3 atom stereocenters. The van der Waals surface area contributed by atoms with Crippen molar-refractivity contribution < 1.29 is 4.79 Å². The fourth-order valence-electron chi connectivity index (χ4n) is 4.02. The summed E-state index contributed by atoms with van der Waals surface area (Å²) < 4.78 is 2.16. The van der Waals surface area contributed by atoms with Gasteiger partial charge in [-0.25, -0.2) is 0 Å². The first-order chi connectivity index (χ1) is 14.4. The number of nitrogens with two attached hydrogens (primary N) is 1. The molecule has 2 aliphatic heterocycles. The van der Waals surface area contributed by atoms with Crippen molar-refractivity contribution in [1.29, 1.82) is 0 Å². The molecule has 0 fully saturated rings. The Morgan fingerprint density at radius 3 is 2.67 bits per heavy atom. The molecule has 3 heterocycles. The van der Waals surface area contributed by atoms with E-state index in [1.54, 1.807) is 0 Å². The highest BCUT2D eigenvalue weighted by molar-refractivity contribution is 8.03. The molecule has 0 saturated carbocycles. The molecule has 4 rings (SSSR count). The van der Waals surface area contributed by atoms with Crippen LogP contribution in [0.2, 0.25) is 5.02 Å². The van der Waals surface area contributed by atoms with Crippen molar-refractivity contribution in [3.05, 3.63) is 57.0 Å². The molecule has 0 bridgehead atoms. The average molecular weight is 445 g/mol. The SMILES string of the molecule is CC1=C(C)C2C(c3ccc(Cl)cc3)=N[C@@H](CC(=O)NCCN)c3nnc(C)n3C2S1. The van der Waals surface area contributed by atoms with Gasteiger partial charge < -0.3 is 11.1 Å². The van der Waals surface area contributed by atoms with E-state index in [9.17, 15) is 4.79 Å². The summed E-state index contributed by atoms with van der Waals surface area (Å²) in [6.45, 7) is 7.09. The third-order valence-electron chi connectivity index (χ3n) is 5.62. The van der Waals surface area contributed by atoms with Crippen LogP contribution in [0.4, 0.5) is 0 Å². The number of rotatable bonds is 5. The molecule has 158 valence electrons. The summed E-state index contributed by atoms with van der Waals surface area (Å²) in [5.41, 5.74) is 8.78. The van der Waals surface area contributed by atoms with Crippen molar-refractivity contribution in [2.75, 3.05) is 13.1 Å². The van der Waals surface area contributed by atoms with Crippen LogP contribution in [0, 0.1) is 12.8 Å².